The van der Waals surface area contributed by atoms with Gasteiger partial charge in [-0.2, -0.15) is 0 Å². The van der Waals surface area contributed by atoms with Gasteiger partial charge in [0, 0.05) is 19.1 Å². The molecule has 31 heavy (non-hydrogen) atoms. The van der Waals surface area contributed by atoms with E-state index in [0.717, 1.165) is 12.0 Å². The van der Waals surface area contributed by atoms with E-state index in [1.807, 2.05) is 30.3 Å². The Morgan fingerprint density at radius 3 is 2.29 bits per heavy atom. The van der Waals surface area contributed by atoms with E-state index in [2.05, 4.69) is 31.4 Å². The Morgan fingerprint density at radius 2 is 1.68 bits per heavy atom. The van der Waals surface area contributed by atoms with Gasteiger partial charge in [-0.1, -0.05) is 51.1 Å². The van der Waals surface area contributed by atoms with E-state index in [9.17, 15) is 14.4 Å². The van der Waals surface area contributed by atoms with Crippen molar-refractivity contribution in [3.05, 3.63) is 35.9 Å². The molecular formula is C22H36N4O5. The van der Waals surface area contributed by atoms with Gasteiger partial charge in [0.25, 0.3) is 0 Å². The van der Waals surface area contributed by atoms with Crippen LogP contribution in [-0.2, 0) is 20.9 Å². The Hall–Kier alpha value is -2.81. The minimum Gasteiger partial charge on any atom is -0.446 e. The number of rotatable bonds is 12. The Labute approximate surface area is 184 Å². The maximum absolute atomic E-state index is 12.1. The van der Waals surface area contributed by atoms with Gasteiger partial charge >= 0.3 is 12.2 Å². The molecule has 0 heterocycles. The molecule has 0 fully saturated rings. The second kappa shape index (κ2) is 13.5. The van der Waals surface area contributed by atoms with Crippen LogP contribution in [0.25, 0.3) is 0 Å². The summed E-state index contributed by atoms with van der Waals surface area (Å²) in [5.41, 5.74) is 12.1. The van der Waals surface area contributed by atoms with Gasteiger partial charge in [0.15, 0.2) is 0 Å². The zero-order valence-electron chi connectivity index (χ0n) is 18.7. The van der Waals surface area contributed by atoms with Crippen molar-refractivity contribution in [2.24, 2.45) is 16.9 Å². The molecule has 0 bridgehead atoms. The standard InChI is InChI=1S/C22H36N4O5/c1-22(2,3)18(23)11-7-10-17(31-20(24)28)14-19(27)25-12-13-26-21(29)30-15-16-8-5-4-6-9-16/h4-6,8-9,17-18H,7,10-15,23H2,1-3H3,(H2,24,28)(H,25,27)(H,26,29)/t17-,18?/m0/s1. The highest BCUT2D eigenvalue weighted by atomic mass is 16.6. The summed E-state index contributed by atoms with van der Waals surface area (Å²) in [6, 6.07) is 9.32. The fraction of sp³-hybridized carbons (Fsp3) is 0.591. The van der Waals surface area contributed by atoms with Gasteiger partial charge < -0.3 is 31.6 Å². The van der Waals surface area contributed by atoms with Crippen molar-refractivity contribution in [2.75, 3.05) is 13.1 Å². The number of primary amides is 1. The van der Waals surface area contributed by atoms with Gasteiger partial charge in [-0.15, -0.1) is 0 Å². The molecule has 1 rings (SSSR count). The maximum Gasteiger partial charge on any atom is 0.407 e. The third kappa shape index (κ3) is 12.5. The molecule has 0 radical (unpaired) electrons. The maximum atomic E-state index is 12.1. The second-order valence-corrected chi connectivity index (χ2v) is 8.50. The summed E-state index contributed by atoms with van der Waals surface area (Å²) in [5.74, 6) is -0.300. The summed E-state index contributed by atoms with van der Waals surface area (Å²) >= 11 is 0. The number of hydrogen-bond donors (Lipinski definition) is 4. The average Bonchev–Trinajstić information content (AvgIpc) is 2.69. The molecule has 1 aromatic rings. The van der Waals surface area contributed by atoms with Crippen LogP contribution in [0.15, 0.2) is 30.3 Å². The van der Waals surface area contributed by atoms with E-state index >= 15 is 0 Å². The third-order valence-corrected chi connectivity index (χ3v) is 4.78. The summed E-state index contributed by atoms with van der Waals surface area (Å²) in [6.07, 6.45) is -0.162. The van der Waals surface area contributed by atoms with Crippen LogP contribution in [0.1, 0.15) is 52.0 Å². The number of carbonyl (C=O) groups excluding carboxylic acids is 3. The van der Waals surface area contributed by atoms with E-state index in [-0.39, 0.29) is 43.5 Å². The van der Waals surface area contributed by atoms with Gasteiger partial charge in [0.2, 0.25) is 5.91 Å². The van der Waals surface area contributed by atoms with Gasteiger partial charge in [-0.05, 0) is 30.2 Å². The summed E-state index contributed by atoms with van der Waals surface area (Å²) < 4.78 is 10.1. The predicted molar refractivity (Wildman–Crippen MR) is 118 cm³/mol. The van der Waals surface area contributed by atoms with Gasteiger partial charge in [0.05, 0.1) is 6.42 Å². The van der Waals surface area contributed by atoms with Crippen molar-refractivity contribution in [3.8, 4) is 0 Å². The highest BCUT2D eigenvalue weighted by Gasteiger charge is 2.22. The molecule has 3 amide bonds. The molecule has 1 aromatic carbocycles. The molecule has 0 spiro atoms. The van der Waals surface area contributed by atoms with Crippen LogP contribution >= 0.6 is 0 Å². The van der Waals surface area contributed by atoms with Crippen LogP contribution in [-0.4, -0.2) is 43.3 Å². The van der Waals surface area contributed by atoms with Gasteiger partial charge in [0.1, 0.15) is 12.7 Å². The van der Waals surface area contributed by atoms with E-state index in [0.29, 0.717) is 12.8 Å². The second-order valence-electron chi connectivity index (χ2n) is 8.50. The molecule has 0 aliphatic rings. The Balaban J connectivity index is 2.26. The van der Waals surface area contributed by atoms with Crippen molar-refractivity contribution in [3.63, 3.8) is 0 Å². The quantitative estimate of drug-likeness (QED) is 0.370. The third-order valence-electron chi connectivity index (χ3n) is 4.78. The predicted octanol–water partition coefficient (Wildman–Crippen LogP) is 2.43. The van der Waals surface area contributed by atoms with Crippen LogP contribution in [0.5, 0.6) is 0 Å². The molecular weight excluding hydrogens is 400 g/mol. The Kier molecular flexibility index (Phi) is 11.4. The molecule has 0 aromatic heterocycles. The first-order valence-electron chi connectivity index (χ1n) is 10.5. The van der Waals surface area contributed by atoms with Crippen LogP contribution in [0, 0.1) is 5.41 Å². The molecule has 6 N–H and O–H groups in total. The number of alkyl carbamates (subject to hydrolysis) is 1. The van der Waals surface area contributed by atoms with Gasteiger partial charge in [-0.3, -0.25) is 4.79 Å². The Bertz CT molecular complexity index is 691. The minimum absolute atomic E-state index is 0.00303. The highest BCUT2D eigenvalue weighted by molar-refractivity contribution is 5.77. The minimum atomic E-state index is -0.916. The van der Waals surface area contributed by atoms with Gasteiger partial charge in [-0.25, -0.2) is 9.59 Å². The molecule has 0 saturated heterocycles. The number of amides is 3. The molecule has 0 aliphatic heterocycles. The van der Waals surface area contributed by atoms with E-state index in [4.69, 9.17) is 20.9 Å². The normalized spacial score (nSPS) is 13.0. The molecule has 9 nitrogen and oxygen atoms in total. The lowest BCUT2D eigenvalue weighted by Gasteiger charge is -2.27. The number of nitrogens with one attached hydrogen (secondary N) is 2. The first-order valence-corrected chi connectivity index (χ1v) is 10.5. The molecule has 2 atom stereocenters. The average molecular weight is 437 g/mol. The number of benzene rings is 1. The topological polar surface area (TPSA) is 146 Å². The summed E-state index contributed by atoms with van der Waals surface area (Å²) in [7, 11) is 0. The lowest BCUT2D eigenvalue weighted by atomic mass is 9.84. The Morgan fingerprint density at radius 1 is 1.03 bits per heavy atom. The van der Waals surface area contributed by atoms with Crippen LogP contribution in [0.3, 0.4) is 0 Å². The SMILES string of the molecule is CC(C)(C)C(N)CCC[C@@H](CC(=O)NCCNC(=O)OCc1ccccc1)OC(N)=O. The van der Waals surface area contributed by atoms with E-state index in [1.54, 1.807) is 0 Å². The highest BCUT2D eigenvalue weighted by Crippen LogP contribution is 2.22. The smallest absolute Gasteiger partial charge is 0.407 e. The molecule has 9 heteroatoms. The zero-order chi connectivity index (χ0) is 23.3. The first-order chi connectivity index (χ1) is 14.6. The van der Waals surface area contributed by atoms with Crippen LogP contribution < -0.4 is 22.1 Å². The van der Waals surface area contributed by atoms with Crippen molar-refractivity contribution in [2.45, 2.75) is 65.2 Å². The van der Waals surface area contributed by atoms with Crippen molar-refractivity contribution >= 4 is 18.1 Å². The fourth-order valence-electron chi connectivity index (χ4n) is 2.78. The number of carbonyl (C=O) groups is 3. The lowest BCUT2D eigenvalue weighted by Crippen LogP contribution is -2.37. The van der Waals surface area contributed by atoms with Crippen LogP contribution in [0.2, 0.25) is 0 Å². The fourth-order valence-corrected chi connectivity index (χ4v) is 2.78. The molecule has 0 saturated carbocycles. The summed E-state index contributed by atoms with van der Waals surface area (Å²) in [5, 5.41) is 5.23. The first kappa shape index (κ1) is 26.2. The number of nitrogens with two attached hydrogens (primary N) is 2. The molecule has 0 aliphatic carbocycles. The van der Waals surface area contributed by atoms with E-state index < -0.39 is 18.3 Å². The monoisotopic (exact) mass is 436 g/mol. The van der Waals surface area contributed by atoms with Crippen molar-refractivity contribution in [1.29, 1.82) is 0 Å². The van der Waals surface area contributed by atoms with Crippen molar-refractivity contribution < 1.29 is 23.9 Å². The number of ether oxygens (including phenoxy) is 2. The lowest BCUT2D eigenvalue weighted by molar-refractivity contribution is -0.123. The largest absolute Gasteiger partial charge is 0.446 e. The summed E-state index contributed by atoms with van der Waals surface area (Å²) in [4.78, 5) is 34.9. The molecule has 1 unspecified atom stereocenters. The zero-order valence-corrected chi connectivity index (χ0v) is 18.7. The van der Waals surface area contributed by atoms with Crippen LogP contribution in [0.4, 0.5) is 9.59 Å². The van der Waals surface area contributed by atoms with Crippen molar-refractivity contribution in [1.82, 2.24) is 10.6 Å². The van der Waals surface area contributed by atoms with E-state index in [1.165, 1.54) is 0 Å². The number of hydrogen-bond acceptors (Lipinski definition) is 6. The molecule has 174 valence electrons. The summed E-state index contributed by atoms with van der Waals surface area (Å²) in [6.45, 7) is 6.79.